The van der Waals surface area contributed by atoms with E-state index in [1.165, 1.54) is 41.5 Å². The highest BCUT2D eigenvalue weighted by Crippen LogP contribution is 2.48. The Bertz CT molecular complexity index is 942. The standard InChI is InChI=1S/C24H24N2O/c25-14-20(26-24(27)23-12-15-5-7-18(23)9-15)10-16-6-8-19-13-17-3-1-2-4-21(17)22(19)11-16/h1-4,6,8,11,15,18,20,23H,5,7,9-10,12-13H2,(H,26,27)/t15-,18+,20?,23+/m1/s1. The first-order chi connectivity index (χ1) is 13.2. The van der Waals surface area contributed by atoms with Crippen LogP contribution in [-0.4, -0.2) is 11.9 Å². The van der Waals surface area contributed by atoms with Crippen molar-refractivity contribution in [3.05, 3.63) is 59.2 Å². The summed E-state index contributed by atoms with van der Waals surface area (Å²) in [6.07, 6.45) is 6.24. The molecule has 0 saturated heterocycles. The predicted molar refractivity (Wildman–Crippen MR) is 105 cm³/mol. The fourth-order valence-corrected chi connectivity index (χ4v) is 5.51. The monoisotopic (exact) mass is 356 g/mol. The third-order valence-corrected chi connectivity index (χ3v) is 6.85. The first kappa shape index (κ1) is 16.6. The van der Waals surface area contributed by atoms with E-state index in [0.717, 1.165) is 24.3 Å². The van der Waals surface area contributed by atoms with Crippen LogP contribution < -0.4 is 5.32 Å². The Labute approximate surface area is 160 Å². The number of rotatable bonds is 4. The Kier molecular flexibility index (Phi) is 4.01. The zero-order valence-electron chi connectivity index (χ0n) is 15.4. The molecule has 0 spiro atoms. The van der Waals surface area contributed by atoms with Crippen LogP contribution in [0.25, 0.3) is 11.1 Å². The van der Waals surface area contributed by atoms with E-state index in [9.17, 15) is 10.1 Å². The number of carbonyl (C=O) groups excluding carboxylic acids is 1. The fourth-order valence-electron chi connectivity index (χ4n) is 5.51. The molecule has 3 aliphatic rings. The van der Waals surface area contributed by atoms with Crippen LogP contribution in [0.5, 0.6) is 0 Å². The lowest BCUT2D eigenvalue weighted by molar-refractivity contribution is -0.126. The second-order valence-corrected chi connectivity index (χ2v) is 8.50. The first-order valence-corrected chi connectivity index (χ1v) is 10.1. The zero-order chi connectivity index (χ0) is 18.4. The first-order valence-electron chi connectivity index (χ1n) is 10.1. The van der Waals surface area contributed by atoms with Crippen molar-refractivity contribution in [2.24, 2.45) is 17.8 Å². The molecule has 0 radical (unpaired) electrons. The van der Waals surface area contributed by atoms with Gasteiger partial charge in [0.2, 0.25) is 5.91 Å². The number of nitrogens with one attached hydrogen (secondary N) is 1. The highest BCUT2D eigenvalue weighted by molar-refractivity contribution is 5.80. The highest BCUT2D eigenvalue weighted by Gasteiger charge is 2.43. The van der Waals surface area contributed by atoms with E-state index in [1.54, 1.807) is 0 Å². The summed E-state index contributed by atoms with van der Waals surface area (Å²) in [5, 5.41) is 12.6. The second-order valence-electron chi connectivity index (χ2n) is 8.50. The number of carbonyl (C=O) groups is 1. The fraction of sp³-hybridized carbons (Fsp3) is 0.417. The molecule has 2 saturated carbocycles. The summed E-state index contributed by atoms with van der Waals surface area (Å²) >= 11 is 0. The molecule has 2 bridgehead atoms. The number of nitrogens with zero attached hydrogens (tertiary/aromatic N) is 1. The minimum absolute atomic E-state index is 0.0975. The Morgan fingerprint density at radius 3 is 2.74 bits per heavy atom. The number of benzene rings is 2. The smallest absolute Gasteiger partial charge is 0.224 e. The molecule has 3 nitrogen and oxygen atoms in total. The van der Waals surface area contributed by atoms with Crippen molar-refractivity contribution in [3.8, 4) is 17.2 Å². The molecular formula is C24H24N2O. The van der Waals surface area contributed by atoms with Crippen LogP contribution in [0.15, 0.2) is 42.5 Å². The summed E-state index contributed by atoms with van der Waals surface area (Å²) in [5.74, 6) is 1.51. The summed E-state index contributed by atoms with van der Waals surface area (Å²) in [5.41, 5.74) is 6.41. The van der Waals surface area contributed by atoms with Gasteiger partial charge in [0.05, 0.1) is 6.07 Å². The maximum absolute atomic E-state index is 12.7. The number of hydrogen-bond donors (Lipinski definition) is 1. The number of nitriles is 1. The molecule has 1 amide bonds. The van der Waals surface area contributed by atoms with Crippen molar-refractivity contribution >= 4 is 5.91 Å². The van der Waals surface area contributed by atoms with Gasteiger partial charge in [0.1, 0.15) is 6.04 Å². The molecule has 0 aromatic heterocycles. The van der Waals surface area contributed by atoms with E-state index in [2.05, 4.69) is 53.9 Å². The number of fused-ring (bicyclic) bond motifs is 5. The minimum Gasteiger partial charge on any atom is -0.340 e. The van der Waals surface area contributed by atoms with Gasteiger partial charge >= 0.3 is 0 Å². The quantitative estimate of drug-likeness (QED) is 0.760. The molecule has 4 atom stereocenters. The number of amides is 1. The van der Waals surface area contributed by atoms with E-state index >= 15 is 0 Å². The maximum Gasteiger partial charge on any atom is 0.224 e. The van der Waals surface area contributed by atoms with E-state index in [-0.39, 0.29) is 11.8 Å². The third kappa shape index (κ3) is 2.94. The summed E-state index contributed by atoms with van der Waals surface area (Å²) in [6.45, 7) is 0. The molecule has 5 rings (SSSR count). The van der Waals surface area contributed by atoms with Gasteiger partial charge in [-0.25, -0.2) is 0 Å². The lowest BCUT2D eigenvalue weighted by Gasteiger charge is -2.22. The van der Waals surface area contributed by atoms with Gasteiger partial charge < -0.3 is 5.32 Å². The average molecular weight is 356 g/mol. The van der Waals surface area contributed by atoms with Crippen molar-refractivity contribution in [2.45, 2.75) is 44.6 Å². The van der Waals surface area contributed by atoms with Crippen molar-refractivity contribution in [1.82, 2.24) is 5.32 Å². The molecule has 2 fully saturated rings. The van der Waals surface area contributed by atoms with Crippen LogP contribution >= 0.6 is 0 Å². The van der Waals surface area contributed by atoms with Crippen molar-refractivity contribution in [2.75, 3.05) is 0 Å². The topological polar surface area (TPSA) is 52.9 Å². The van der Waals surface area contributed by atoms with Gasteiger partial charge in [-0.3, -0.25) is 4.79 Å². The van der Waals surface area contributed by atoms with Crippen LogP contribution in [0, 0.1) is 29.1 Å². The van der Waals surface area contributed by atoms with Crippen molar-refractivity contribution < 1.29 is 4.79 Å². The minimum atomic E-state index is -0.452. The molecule has 27 heavy (non-hydrogen) atoms. The lowest BCUT2D eigenvalue weighted by Crippen LogP contribution is -2.41. The molecule has 136 valence electrons. The second kappa shape index (κ2) is 6.53. The van der Waals surface area contributed by atoms with Crippen LogP contribution in [0.3, 0.4) is 0 Å². The molecule has 1 N–H and O–H groups in total. The third-order valence-electron chi connectivity index (χ3n) is 6.85. The van der Waals surface area contributed by atoms with Gasteiger partial charge in [-0.1, -0.05) is 48.9 Å². The average Bonchev–Trinajstić information content (AvgIpc) is 3.41. The Hall–Kier alpha value is -2.60. The van der Waals surface area contributed by atoms with Crippen molar-refractivity contribution in [3.63, 3.8) is 0 Å². The van der Waals surface area contributed by atoms with Gasteiger partial charge in [-0.2, -0.15) is 5.26 Å². The largest absolute Gasteiger partial charge is 0.340 e. The zero-order valence-corrected chi connectivity index (χ0v) is 15.4. The van der Waals surface area contributed by atoms with Crippen LogP contribution in [-0.2, 0) is 17.6 Å². The molecule has 1 unspecified atom stereocenters. The van der Waals surface area contributed by atoms with Gasteiger partial charge in [0, 0.05) is 12.3 Å². The van der Waals surface area contributed by atoms with E-state index < -0.39 is 6.04 Å². The molecule has 2 aromatic rings. The lowest BCUT2D eigenvalue weighted by atomic mass is 9.88. The van der Waals surface area contributed by atoms with E-state index in [4.69, 9.17) is 0 Å². The summed E-state index contributed by atoms with van der Waals surface area (Å²) < 4.78 is 0. The normalized spacial score (nSPS) is 25.5. The van der Waals surface area contributed by atoms with Gasteiger partial charge in [0.15, 0.2) is 0 Å². The number of hydrogen-bond acceptors (Lipinski definition) is 2. The van der Waals surface area contributed by atoms with Crippen LogP contribution in [0.4, 0.5) is 0 Å². The summed E-state index contributed by atoms with van der Waals surface area (Å²) in [4.78, 5) is 12.7. The SMILES string of the molecule is N#CC(Cc1ccc2c(c1)-c1ccccc1C2)NC(=O)[C@H]1C[C@@H]2CC[C@H]1C2. The summed E-state index contributed by atoms with van der Waals surface area (Å²) in [7, 11) is 0. The van der Waals surface area contributed by atoms with Gasteiger partial charge in [-0.05, 0) is 65.3 Å². The van der Waals surface area contributed by atoms with Crippen LogP contribution in [0.1, 0.15) is 42.4 Å². The van der Waals surface area contributed by atoms with Gasteiger partial charge in [-0.15, -0.1) is 0 Å². The summed E-state index contributed by atoms with van der Waals surface area (Å²) in [6, 6.07) is 16.9. The van der Waals surface area contributed by atoms with E-state index in [1.807, 2.05) is 0 Å². The molecule has 3 aliphatic carbocycles. The van der Waals surface area contributed by atoms with Crippen LogP contribution in [0.2, 0.25) is 0 Å². The van der Waals surface area contributed by atoms with Crippen molar-refractivity contribution in [1.29, 1.82) is 5.26 Å². The molecule has 0 heterocycles. The maximum atomic E-state index is 12.7. The molecule has 0 aliphatic heterocycles. The Morgan fingerprint density at radius 2 is 1.96 bits per heavy atom. The Balaban J connectivity index is 1.30. The van der Waals surface area contributed by atoms with E-state index in [0.29, 0.717) is 12.3 Å². The molecule has 3 heteroatoms. The Morgan fingerprint density at radius 1 is 1.11 bits per heavy atom. The predicted octanol–water partition coefficient (Wildman–Crippen LogP) is 4.24. The van der Waals surface area contributed by atoms with Gasteiger partial charge in [0.25, 0.3) is 0 Å². The molecular weight excluding hydrogens is 332 g/mol. The molecule has 2 aromatic carbocycles. The highest BCUT2D eigenvalue weighted by atomic mass is 16.2.